The van der Waals surface area contributed by atoms with Crippen molar-refractivity contribution < 1.29 is 4.79 Å². The largest absolute Gasteiger partial charge is 0.312 e. The van der Waals surface area contributed by atoms with Crippen LogP contribution < -0.4 is 5.32 Å². The topological polar surface area (TPSA) is 72.2 Å². The summed E-state index contributed by atoms with van der Waals surface area (Å²) in [5.74, 6) is 0.293. The zero-order chi connectivity index (χ0) is 14.4. The fraction of sp³-hybridized carbons (Fsp3) is 0.286. The van der Waals surface area contributed by atoms with E-state index in [4.69, 9.17) is 0 Å². The van der Waals surface area contributed by atoms with E-state index < -0.39 is 0 Å². The Labute approximate surface area is 125 Å². The van der Waals surface area contributed by atoms with Crippen LogP contribution in [0.4, 0.5) is 5.00 Å². The molecule has 0 radical (unpaired) electrons. The van der Waals surface area contributed by atoms with Crippen LogP contribution in [0, 0.1) is 0 Å². The van der Waals surface area contributed by atoms with E-state index in [-0.39, 0.29) is 5.91 Å². The Kier molecular flexibility index (Phi) is 2.75. The number of aryl methyl sites for hydroxylation is 1. The molecule has 21 heavy (non-hydrogen) atoms. The van der Waals surface area contributed by atoms with Crippen LogP contribution in [0.25, 0.3) is 5.65 Å². The molecule has 0 aromatic carbocycles. The minimum Gasteiger partial charge on any atom is -0.312 e. The van der Waals surface area contributed by atoms with Crippen molar-refractivity contribution in [3.63, 3.8) is 0 Å². The van der Waals surface area contributed by atoms with Gasteiger partial charge in [0.05, 0.1) is 5.56 Å². The third-order valence-electron chi connectivity index (χ3n) is 3.98. The van der Waals surface area contributed by atoms with Crippen LogP contribution >= 0.6 is 11.5 Å². The molecule has 0 fully saturated rings. The van der Waals surface area contributed by atoms with Crippen molar-refractivity contribution in [2.24, 2.45) is 0 Å². The first-order valence-electron chi connectivity index (χ1n) is 6.81. The van der Waals surface area contributed by atoms with Crippen LogP contribution in [-0.4, -0.2) is 24.9 Å². The first kappa shape index (κ1) is 12.5. The van der Waals surface area contributed by atoms with Gasteiger partial charge in [0.2, 0.25) is 0 Å². The number of hydrogen-bond acceptors (Lipinski definition) is 5. The minimum atomic E-state index is -0.167. The molecular formula is C14H13N5OS. The van der Waals surface area contributed by atoms with E-state index in [0.717, 1.165) is 17.8 Å². The molecule has 7 heteroatoms. The maximum absolute atomic E-state index is 12.5. The van der Waals surface area contributed by atoms with Crippen molar-refractivity contribution in [3.8, 4) is 0 Å². The zero-order valence-electron chi connectivity index (χ0n) is 11.4. The maximum atomic E-state index is 12.5. The highest BCUT2D eigenvalue weighted by molar-refractivity contribution is 7.10. The number of fused-ring (bicyclic) bond motifs is 3. The summed E-state index contributed by atoms with van der Waals surface area (Å²) in [4.78, 5) is 12.5. The second-order valence-corrected chi connectivity index (χ2v) is 6.09. The molecule has 0 saturated heterocycles. The molecule has 1 aliphatic rings. The van der Waals surface area contributed by atoms with Gasteiger partial charge in [0.15, 0.2) is 5.65 Å². The number of rotatable bonds is 2. The predicted molar refractivity (Wildman–Crippen MR) is 79.8 cm³/mol. The second-order valence-electron chi connectivity index (χ2n) is 5.26. The lowest BCUT2D eigenvalue weighted by molar-refractivity contribution is 0.102. The average molecular weight is 299 g/mol. The summed E-state index contributed by atoms with van der Waals surface area (Å²) in [7, 11) is 0. The Morgan fingerprint density at radius 1 is 1.52 bits per heavy atom. The van der Waals surface area contributed by atoms with Crippen LogP contribution in [0.5, 0.6) is 0 Å². The van der Waals surface area contributed by atoms with Crippen LogP contribution in [-0.2, 0) is 6.42 Å². The second kappa shape index (κ2) is 4.63. The van der Waals surface area contributed by atoms with E-state index in [9.17, 15) is 4.79 Å². The van der Waals surface area contributed by atoms with Crippen molar-refractivity contribution in [3.05, 3.63) is 41.5 Å². The summed E-state index contributed by atoms with van der Waals surface area (Å²) in [6.45, 7) is 2.19. The maximum Gasteiger partial charge on any atom is 0.260 e. The molecule has 106 valence electrons. The Balaban J connectivity index is 1.83. The van der Waals surface area contributed by atoms with Crippen molar-refractivity contribution in [1.82, 2.24) is 19.0 Å². The third-order valence-corrected chi connectivity index (χ3v) is 4.64. The quantitative estimate of drug-likeness (QED) is 0.789. The molecule has 1 amide bonds. The highest BCUT2D eigenvalue weighted by Crippen LogP contribution is 2.34. The van der Waals surface area contributed by atoms with Gasteiger partial charge < -0.3 is 5.32 Å². The highest BCUT2D eigenvalue weighted by atomic mass is 32.1. The van der Waals surface area contributed by atoms with Crippen molar-refractivity contribution in [1.29, 1.82) is 0 Å². The van der Waals surface area contributed by atoms with E-state index in [0.29, 0.717) is 17.1 Å². The van der Waals surface area contributed by atoms with Crippen LogP contribution in [0.1, 0.15) is 40.9 Å². The Morgan fingerprint density at radius 3 is 3.24 bits per heavy atom. The summed E-state index contributed by atoms with van der Waals surface area (Å²) < 4.78 is 5.93. The molecule has 3 aromatic heterocycles. The molecule has 3 aromatic rings. The lowest BCUT2D eigenvalue weighted by atomic mass is 10.0. The summed E-state index contributed by atoms with van der Waals surface area (Å²) in [6, 6.07) is 3.74. The number of nitrogens with one attached hydrogen (secondary N) is 1. The van der Waals surface area contributed by atoms with Crippen LogP contribution in [0.2, 0.25) is 0 Å². The predicted octanol–water partition coefficient (Wildman–Crippen LogP) is 2.49. The number of hydrogen-bond donors (Lipinski definition) is 1. The van der Waals surface area contributed by atoms with E-state index >= 15 is 0 Å². The molecule has 1 aliphatic carbocycles. The number of anilines is 1. The normalized spacial score (nSPS) is 17.1. The molecular weight excluding hydrogens is 286 g/mol. The monoisotopic (exact) mass is 299 g/mol. The molecule has 0 bridgehead atoms. The van der Waals surface area contributed by atoms with Crippen LogP contribution in [0.15, 0.2) is 24.7 Å². The number of nitrogens with zero attached hydrogens (tertiary/aromatic N) is 4. The number of carbonyl (C=O) groups is 1. The number of pyridine rings is 1. The first-order chi connectivity index (χ1) is 10.2. The number of amides is 1. The summed E-state index contributed by atoms with van der Waals surface area (Å²) in [5.41, 5.74) is 3.62. The molecule has 4 rings (SSSR count). The van der Waals surface area contributed by atoms with Crippen molar-refractivity contribution >= 4 is 28.1 Å². The van der Waals surface area contributed by atoms with Gasteiger partial charge in [-0.2, -0.15) is 4.37 Å². The van der Waals surface area contributed by atoms with Gasteiger partial charge in [0, 0.05) is 11.9 Å². The van der Waals surface area contributed by atoms with Gasteiger partial charge >= 0.3 is 0 Å². The van der Waals surface area contributed by atoms with E-state index in [1.165, 1.54) is 22.8 Å². The van der Waals surface area contributed by atoms with Gasteiger partial charge in [0.1, 0.15) is 11.3 Å². The number of aromatic nitrogens is 4. The van der Waals surface area contributed by atoms with Gasteiger partial charge in [-0.15, -0.1) is 10.2 Å². The SMILES string of the molecule is C[C@@H]1CCc2c1cc(C(=O)Nc1ccns1)c1nncn21. The van der Waals surface area contributed by atoms with E-state index in [2.05, 4.69) is 26.8 Å². The van der Waals surface area contributed by atoms with Crippen LogP contribution in [0.3, 0.4) is 0 Å². The third kappa shape index (κ3) is 1.92. The lowest BCUT2D eigenvalue weighted by Gasteiger charge is -2.10. The number of carbonyl (C=O) groups excluding carboxylic acids is 1. The molecule has 0 saturated carbocycles. The van der Waals surface area contributed by atoms with Gasteiger partial charge in [-0.1, -0.05) is 6.92 Å². The van der Waals surface area contributed by atoms with Crippen molar-refractivity contribution in [2.45, 2.75) is 25.7 Å². The summed E-state index contributed by atoms with van der Waals surface area (Å²) >= 11 is 1.25. The fourth-order valence-electron chi connectivity index (χ4n) is 2.89. The van der Waals surface area contributed by atoms with Gasteiger partial charge in [-0.3, -0.25) is 9.20 Å². The van der Waals surface area contributed by atoms with Crippen molar-refractivity contribution in [2.75, 3.05) is 5.32 Å². The standard InChI is InChI=1S/C14H13N5OS/c1-8-2-3-11-9(8)6-10(13-18-15-7-19(11)13)14(20)17-12-4-5-16-21-12/h4-8H,2-3H2,1H3,(H,17,20)/t8-/m1/s1. The van der Waals surface area contributed by atoms with E-state index in [1.54, 1.807) is 18.6 Å². The molecule has 1 N–H and O–H groups in total. The lowest BCUT2D eigenvalue weighted by Crippen LogP contribution is -2.14. The minimum absolute atomic E-state index is 0.167. The Hall–Kier alpha value is -2.28. The first-order valence-corrected chi connectivity index (χ1v) is 7.59. The summed E-state index contributed by atoms with van der Waals surface area (Å²) in [6.07, 6.45) is 5.46. The molecule has 1 atom stereocenters. The molecule has 3 heterocycles. The van der Waals surface area contributed by atoms with Gasteiger partial charge in [-0.25, -0.2) is 0 Å². The summed E-state index contributed by atoms with van der Waals surface area (Å²) in [5, 5.41) is 11.7. The molecule has 0 spiro atoms. The molecule has 0 unspecified atom stereocenters. The van der Waals surface area contributed by atoms with E-state index in [1.807, 2.05) is 10.5 Å². The Morgan fingerprint density at radius 2 is 2.43 bits per heavy atom. The van der Waals surface area contributed by atoms with Gasteiger partial charge in [0.25, 0.3) is 5.91 Å². The Bertz CT molecular complexity index is 823. The fourth-order valence-corrected chi connectivity index (χ4v) is 3.38. The average Bonchev–Trinajstić information content (AvgIpc) is 3.18. The highest BCUT2D eigenvalue weighted by Gasteiger charge is 2.25. The zero-order valence-corrected chi connectivity index (χ0v) is 12.2. The molecule has 6 nitrogen and oxygen atoms in total. The van der Waals surface area contributed by atoms with Gasteiger partial charge in [-0.05, 0) is 48.0 Å². The molecule has 0 aliphatic heterocycles. The smallest absolute Gasteiger partial charge is 0.260 e.